The van der Waals surface area contributed by atoms with Gasteiger partial charge in [0, 0.05) is 0 Å². The molecular formula is C20H22N2O7S. The molecule has 2 aliphatic heterocycles. The van der Waals surface area contributed by atoms with Crippen molar-refractivity contribution in [3.63, 3.8) is 0 Å². The Hall–Kier alpha value is -3.14. The fraction of sp³-hybridized carbons (Fsp3) is 0.350. The van der Waals surface area contributed by atoms with Crippen molar-refractivity contribution >= 4 is 29.6 Å². The van der Waals surface area contributed by atoms with E-state index in [0.29, 0.717) is 10.6 Å². The number of ether oxygens (including phenoxy) is 3. The molecule has 0 radical (unpaired) electrons. The number of phenols is 1. The third kappa shape index (κ3) is 3.36. The second kappa shape index (κ2) is 8.31. The van der Waals surface area contributed by atoms with Gasteiger partial charge in [-0.15, -0.1) is 0 Å². The number of thioether (sulfide) groups is 1. The normalized spacial score (nSPS) is 20.9. The number of nitrogens with zero attached hydrogens (tertiary/aromatic N) is 1. The first-order chi connectivity index (χ1) is 14.3. The largest absolute Gasteiger partial charge is 0.504 e. The Balaban J connectivity index is 2.33. The SMILES string of the molecule is CCOC(=O)C1=C2SC(C)C(=O)N2C(N)=C(C(=O)OC)C1c1ccc(O)c(OC)c1. The topological polar surface area (TPSA) is 128 Å². The van der Waals surface area contributed by atoms with Crippen molar-refractivity contribution in [1.29, 1.82) is 0 Å². The summed E-state index contributed by atoms with van der Waals surface area (Å²) < 4.78 is 15.3. The van der Waals surface area contributed by atoms with Crippen molar-refractivity contribution in [1.82, 2.24) is 4.90 Å². The molecular weight excluding hydrogens is 412 g/mol. The summed E-state index contributed by atoms with van der Waals surface area (Å²) in [6.07, 6.45) is 0. The van der Waals surface area contributed by atoms with Crippen LogP contribution in [0.1, 0.15) is 25.3 Å². The Morgan fingerprint density at radius 1 is 1.23 bits per heavy atom. The Kier molecular flexibility index (Phi) is 5.97. The number of hydrogen-bond donors (Lipinski definition) is 2. The number of benzene rings is 1. The van der Waals surface area contributed by atoms with Crippen molar-refractivity contribution in [2.45, 2.75) is 25.0 Å². The molecule has 3 N–H and O–H groups in total. The van der Waals surface area contributed by atoms with Crippen LogP contribution >= 0.6 is 11.8 Å². The second-order valence-corrected chi connectivity index (χ2v) is 7.86. The molecule has 2 unspecified atom stereocenters. The number of fused-ring (bicyclic) bond motifs is 1. The maximum Gasteiger partial charge on any atom is 0.338 e. The molecule has 2 aliphatic rings. The zero-order valence-corrected chi connectivity index (χ0v) is 17.7. The molecule has 2 atom stereocenters. The van der Waals surface area contributed by atoms with Gasteiger partial charge in [0.25, 0.3) is 0 Å². The van der Waals surface area contributed by atoms with E-state index in [1.165, 1.54) is 31.3 Å². The summed E-state index contributed by atoms with van der Waals surface area (Å²) in [4.78, 5) is 39.6. The lowest BCUT2D eigenvalue weighted by Crippen LogP contribution is -2.40. The quantitative estimate of drug-likeness (QED) is 0.664. The number of methoxy groups -OCH3 is 2. The predicted octanol–water partition coefficient (Wildman–Crippen LogP) is 1.58. The molecule has 0 aliphatic carbocycles. The minimum Gasteiger partial charge on any atom is -0.504 e. The molecule has 3 rings (SSSR count). The predicted molar refractivity (Wildman–Crippen MR) is 108 cm³/mol. The molecule has 160 valence electrons. The summed E-state index contributed by atoms with van der Waals surface area (Å²) in [6, 6.07) is 4.42. The standard InChI is InChI=1S/C20H22N2O7S/c1-5-29-20(26)15-13(10-6-7-11(23)12(8-10)27-3)14(19(25)28-4)16(21)22-17(24)9(2)30-18(15)22/h6-9,13,23H,5,21H2,1-4H3. The number of amides is 1. The molecule has 0 aromatic heterocycles. The Labute approximate surface area is 177 Å². The number of hydrogen-bond acceptors (Lipinski definition) is 9. The lowest BCUT2D eigenvalue weighted by molar-refractivity contribution is -0.139. The molecule has 1 saturated heterocycles. The van der Waals surface area contributed by atoms with E-state index in [4.69, 9.17) is 19.9 Å². The lowest BCUT2D eigenvalue weighted by Gasteiger charge is -2.33. The first-order valence-corrected chi connectivity index (χ1v) is 10.0. The third-order valence-electron chi connectivity index (χ3n) is 4.82. The number of phenolic OH excluding ortho intramolecular Hbond substituents is 1. The van der Waals surface area contributed by atoms with Crippen LogP contribution in [0.3, 0.4) is 0 Å². The second-order valence-electron chi connectivity index (χ2n) is 6.53. The molecule has 9 nitrogen and oxygen atoms in total. The van der Waals surface area contributed by atoms with Gasteiger partial charge >= 0.3 is 11.9 Å². The highest BCUT2D eigenvalue weighted by molar-refractivity contribution is 8.04. The monoisotopic (exact) mass is 434 g/mol. The van der Waals surface area contributed by atoms with Crippen molar-refractivity contribution < 1.29 is 33.7 Å². The van der Waals surface area contributed by atoms with E-state index in [9.17, 15) is 19.5 Å². The zero-order chi connectivity index (χ0) is 22.2. The Bertz CT molecular complexity index is 985. The van der Waals surface area contributed by atoms with Crippen LogP contribution in [-0.4, -0.2) is 53.9 Å². The molecule has 30 heavy (non-hydrogen) atoms. The van der Waals surface area contributed by atoms with E-state index in [-0.39, 0.29) is 41.0 Å². The molecule has 10 heteroatoms. The fourth-order valence-electron chi connectivity index (χ4n) is 3.45. The zero-order valence-electron chi connectivity index (χ0n) is 16.9. The maximum absolute atomic E-state index is 13.0. The number of rotatable bonds is 5. The van der Waals surface area contributed by atoms with Gasteiger partial charge in [-0.3, -0.25) is 9.69 Å². The van der Waals surface area contributed by atoms with Crippen LogP contribution in [0.15, 0.2) is 40.2 Å². The minimum atomic E-state index is -0.983. The van der Waals surface area contributed by atoms with E-state index in [0.717, 1.165) is 11.8 Å². The molecule has 0 spiro atoms. The molecule has 1 aromatic carbocycles. The molecule has 1 amide bonds. The van der Waals surface area contributed by atoms with Gasteiger partial charge in [0.15, 0.2) is 11.5 Å². The average Bonchev–Trinajstić information content (AvgIpc) is 3.02. The summed E-state index contributed by atoms with van der Waals surface area (Å²) in [5.41, 5.74) is 6.73. The molecule has 2 heterocycles. The molecule has 0 bridgehead atoms. The van der Waals surface area contributed by atoms with Gasteiger partial charge in [0.1, 0.15) is 5.82 Å². The minimum absolute atomic E-state index is 0.0694. The van der Waals surface area contributed by atoms with Crippen LogP contribution in [0, 0.1) is 0 Å². The summed E-state index contributed by atoms with van der Waals surface area (Å²) in [5.74, 6) is -2.88. The van der Waals surface area contributed by atoms with E-state index < -0.39 is 23.1 Å². The summed E-state index contributed by atoms with van der Waals surface area (Å²) >= 11 is 1.16. The average molecular weight is 434 g/mol. The van der Waals surface area contributed by atoms with Crippen LogP contribution in [-0.2, 0) is 23.9 Å². The highest BCUT2D eigenvalue weighted by Gasteiger charge is 2.49. The highest BCUT2D eigenvalue weighted by Crippen LogP contribution is 2.50. The van der Waals surface area contributed by atoms with Crippen LogP contribution < -0.4 is 10.5 Å². The highest BCUT2D eigenvalue weighted by atomic mass is 32.2. The number of esters is 2. The van der Waals surface area contributed by atoms with Crippen molar-refractivity contribution in [2.24, 2.45) is 5.73 Å². The van der Waals surface area contributed by atoms with Gasteiger partial charge in [0.2, 0.25) is 5.91 Å². The lowest BCUT2D eigenvalue weighted by atomic mass is 9.82. The molecule has 1 aromatic rings. The van der Waals surface area contributed by atoms with Crippen LogP contribution in [0.2, 0.25) is 0 Å². The number of carbonyl (C=O) groups excluding carboxylic acids is 3. The molecule has 1 fully saturated rings. The third-order valence-corrected chi connectivity index (χ3v) is 6.00. The summed E-state index contributed by atoms with van der Waals surface area (Å²) in [6.45, 7) is 3.44. The number of aromatic hydroxyl groups is 1. The maximum atomic E-state index is 13.0. The smallest absolute Gasteiger partial charge is 0.338 e. The fourth-order valence-corrected chi connectivity index (χ4v) is 4.62. The van der Waals surface area contributed by atoms with Crippen molar-refractivity contribution in [3.05, 3.63) is 45.8 Å². The van der Waals surface area contributed by atoms with Gasteiger partial charge in [0.05, 0.1) is 48.2 Å². The van der Waals surface area contributed by atoms with Gasteiger partial charge < -0.3 is 25.1 Å². The number of carbonyl (C=O) groups is 3. The van der Waals surface area contributed by atoms with E-state index >= 15 is 0 Å². The van der Waals surface area contributed by atoms with E-state index in [2.05, 4.69) is 0 Å². The number of nitrogens with two attached hydrogens (primary N) is 1. The van der Waals surface area contributed by atoms with Gasteiger partial charge in [-0.2, -0.15) is 0 Å². The first-order valence-electron chi connectivity index (χ1n) is 9.13. The van der Waals surface area contributed by atoms with Crippen molar-refractivity contribution in [2.75, 3.05) is 20.8 Å². The molecule has 0 saturated carbocycles. The van der Waals surface area contributed by atoms with Gasteiger partial charge in [-0.25, -0.2) is 9.59 Å². The van der Waals surface area contributed by atoms with Crippen LogP contribution in [0.4, 0.5) is 0 Å². The van der Waals surface area contributed by atoms with Crippen LogP contribution in [0.5, 0.6) is 11.5 Å². The van der Waals surface area contributed by atoms with Gasteiger partial charge in [-0.05, 0) is 31.5 Å². The first kappa shape index (κ1) is 21.6. The van der Waals surface area contributed by atoms with E-state index in [1.54, 1.807) is 19.9 Å². The summed E-state index contributed by atoms with van der Waals surface area (Å²) in [5, 5.41) is 9.78. The van der Waals surface area contributed by atoms with E-state index in [1.807, 2.05) is 0 Å². The van der Waals surface area contributed by atoms with Gasteiger partial charge in [-0.1, -0.05) is 17.8 Å². The van der Waals surface area contributed by atoms with Crippen LogP contribution in [0.25, 0.3) is 0 Å². The van der Waals surface area contributed by atoms with Crippen molar-refractivity contribution in [3.8, 4) is 11.5 Å². The summed E-state index contributed by atoms with van der Waals surface area (Å²) in [7, 11) is 2.56. The Morgan fingerprint density at radius 3 is 2.53 bits per heavy atom. The Morgan fingerprint density at radius 2 is 1.93 bits per heavy atom.